The zero-order valence-corrected chi connectivity index (χ0v) is 14.5. The number of nitrogens with zero attached hydrogens (tertiary/aromatic N) is 2. The summed E-state index contributed by atoms with van der Waals surface area (Å²) in [4.78, 5) is 20.1. The SMILES string of the molecule is O=C(Nc1ncc(Br)nc1Br)c1ccc(I)c(O)c1. The Morgan fingerprint density at radius 1 is 1.37 bits per heavy atom. The molecular weight excluding hydrogens is 493 g/mol. The van der Waals surface area contributed by atoms with Gasteiger partial charge in [-0.25, -0.2) is 9.97 Å². The van der Waals surface area contributed by atoms with Crippen LogP contribution in [0.2, 0.25) is 0 Å². The molecule has 8 heteroatoms. The number of phenolic OH excluding ortho intramolecular Hbond substituents is 1. The van der Waals surface area contributed by atoms with Crippen molar-refractivity contribution >= 4 is 66.2 Å². The van der Waals surface area contributed by atoms with Gasteiger partial charge in [0.15, 0.2) is 5.82 Å². The van der Waals surface area contributed by atoms with Gasteiger partial charge < -0.3 is 10.4 Å². The summed E-state index contributed by atoms with van der Waals surface area (Å²) in [5, 5.41) is 12.2. The zero-order valence-electron chi connectivity index (χ0n) is 9.19. The van der Waals surface area contributed by atoms with E-state index in [-0.39, 0.29) is 11.7 Å². The van der Waals surface area contributed by atoms with E-state index < -0.39 is 0 Å². The first-order valence-corrected chi connectivity index (χ1v) is 7.62. The molecule has 2 N–H and O–H groups in total. The third-order valence-corrected chi connectivity index (χ3v) is 3.99. The Balaban J connectivity index is 2.23. The average molecular weight is 499 g/mol. The second-order valence-electron chi connectivity index (χ2n) is 3.45. The van der Waals surface area contributed by atoms with E-state index in [4.69, 9.17) is 0 Å². The number of nitrogens with one attached hydrogen (secondary N) is 1. The van der Waals surface area contributed by atoms with Crippen LogP contribution in [0, 0.1) is 3.57 Å². The third kappa shape index (κ3) is 3.63. The number of hydrogen-bond donors (Lipinski definition) is 2. The number of rotatable bonds is 2. The molecule has 1 amide bonds. The van der Waals surface area contributed by atoms with Gasteiger partial charge >= 0.3 is 0 Å². The molecule has 0 saturated carbocycles. The molecule has 0 saturated heterocycles. The maximum Gasteiger partial charge on any atom is 0.257 e. The van der Waals surface area contributed by atoms with Gasteiger partial charge in [-0.15, -0.1) is 0 Å². The Hall–Kier alpha value is -0.740. The number of carbonyl (C=O) groups is 1. The molecule has 1 aromatic heterocycles. The number of amides is 1. The topological polar surface area (TPSA) is 75.1 Å². The molecule has 2 rings (SSSR count). The summed E-state index contributed by atoms with van der Waals surface area (Å²) < 4.78 is 1.66. The minimum Gasteiger partial charge on any atom is -0.507 e. The van der Waals surface area contributed by atoms with Crippen molar-refractivity contribution in [3.8, 4) is 5.75 Å². The van der Waals surface area contributed by atoms with Crippen molar-refractivity contribution in [1.29, 1.82) is 0 Å². The van der Waals surface area contributed by atoms with Crippen LogP contribution in [0.4, 0.5) is 5.82 Å². The van der Waals surface area contributed by atoms with Gasteiger partial charge in [-0.3, -0.25) is 4.79 Å². The number of halogens is 3. The summed E-state index contributed by atoms with van der Waals surface area (Å²) in [7, 11) is 0. The van der Waals surface area contributed by atoms with Crippen LogP contribution >= 0.6 is 54.5 Å². The average Bonchev–Trinajstić information content (AvgIpc) is 2.36. The molecule has 0 unspecified atom stereocenters. The molecule has 0 aliphatic heterocycles. The molecule has 1 heterocycles. The first kappa shape index (κ1) is 14.7. The Bertz CT molecular complexity index is 652. The van der Waals surface area contributed by atoms with E-state index in [1.165, 1.54) is 12.3 Å². The molecule has 5 nitrogen and oxygen atoms in total. The van der Waals surface area contributed by atoms with Gasteiger partial charge in [0.2, 0.25) is 0 Å². The molecule has 0 aliphatic rings. The number of anilines is 1. The van der Waals surface area contributed by atoms with Crippen LogP contribution in [0.5, 0.6) is 5.75 Å². The Kier molecular flexibility index (Phi) is 4.74. The predicted octanol–water partition coefficient (Wildman–Crippen LogP) is 3.56. The van der Waals surface area contributed by atoms with E-state index >= 15 is 0 Å². The van der Waals surface area contributed by atoms with Crippen LogP contribution in [0.1, 0.15) is 10.4 Å². The van der Waals surface area contributed by atoms with Crippen LogP contribution in [0.25, 0.3) is 0 Å². The molecular formula is C11H6Br2IN3O2. The van der Waals surface area contributed by atoms with Crippen molar-refractivity contribution in [1.82, 2.24) is 9.97 Å². The number of carbonyl (C=O) groups excluding carboxylic acids is 1. The van der Waals surface area contributed by atoms with Gasteiger partial charge in [-0.2, -0.15) is 0 Å². The maximum atomic E-state index is 12.0. The Labute approximate surface area is 139 Å². The lowest BCUT2D eigenvalue weighted by atomic mass is 10.2. The largest absolute Gasteiger partial charge is 0.507 e. The van der Waals surface area contributed by atoms with Gasteiger partial charge in [-0.1, -0.05) is 0 Å². The normalized spacial score (nSPS) is 10.3. The fourth-order valence-electron chi connectivity index (χ4n) is 1.26. The van der Waals surface area contributed by atoms with E-state index in [1.807, 2.05) is 22.6 Å². The number of aromatic hydroxyl groups is 1. The lowest BCUT2D eigenvalue weighted by molar-refractivity contribution is 0.102. The van der Waals surface area contributed by atoms with Gasteiger partial charge in [0.05, 0.1) is 9.77 Å². The molecule has 0 fully saturated rings. The standard InChI is InChI=1S/C11H6Br2IN3O2/c12-8-4-15-10(9(13)16-8)17-11(19)5-1-2-6(14)7(18)3-5/h1-4,18H,(H,15,17,19). The van der Waals surface area contributed by atoms with Crippen LogP contribution in [-0.4, -0.2) is 21.0 Å². The van der Waals surface area contributed by atoms with Crippen LogP contribution in [-0.2, 0) is 0 Å². The zero-order chi connectivity index (χ0) is 14.0. The highest BCUT2D eigenvalue weighted by molar-refractivity contribution is 14.1. The van der Waals surface area contributed by atoms with E-state index in [0.717, 1.165) is 0 Å². The van der Waals surface area contributed by atoms with Crippen molar-refractivity contribution in [2.75, 3.05) is 5.32 Å². The summed E-state index contributed by atoms with van der Waals surface area (Å²) in [5.74, 6) is 0.00414. The first-order valence-electron chi connectivity index (χ1n) is 4.95. The number of aromatic nitrogens is 2. The van der Waals surface area contributed by atoms with E-state index in [0.29, 0.717) is 24.2 Å². The van der Waals surface area contributed by atoms with Crippen molar-refractivity contribution in [3.05, 3.63) is 42.7 Å². The van der Waals surface area contributed by atoms with Crippen molar-refractivity contribution < 1.29 is 9.90 Å². The van der Waals surface area contributed by atoms with Crippen molar-refractivity contribution in [3.63, 3.8) is 0 Å². The van der Waals surface area contributed by atoms with Crippen molar-refractivity contribution in [2.45, 2.75) is 0 Å². The third-order valence-electron chi connectivity index (χ3n) is 2.14. The van der Waals surface area contributed by atoms with Gasteiger partial charge in [0, 0.05) is 5.56 Å². The summed E-state index contributed by atoms with van der Waals surface area (Å²) in [5.41, 5.74) is 0.342. The minimum absolute atomic E-state index is 0.0641. The molecule has 2 aromatic rings. The second kappa shape index (κ2) is 6.14. The van der Waals surface area contributed by atoms with Crippen LogP contribution < -0.4 is 5.32 Å². The highest BCUT2D eigenvalue weighted by atomic mass is 127. The monoisotopic (exact) mass is 497 g/mol. The molecule has 0 radical (unpaired) electrons. The predicted molar refractivity (Wildman–Crippen MR) is 86.2 cm³/mol. The lowest BCUT2D eigenvalue weighted by Gasteiger charge is -2.06. The Morgan fingerprint density at radius 2 is 2.11 bits per heavy atom. The number of hydrogen-bond acceptors (Lipinski definition) is 4. The highest BCUT2D eigenvalue weighted by Gasteiger charge is 2.12. The van der Waals surface area contributed by atoms with E-state index in [9.17, 15) is 9.90 Å². The molecule has 0 spiro atoms. The molecule has 0 bridgehead atoms. The molecule has 1 aromatic carbocycles. The van der Waals surface area contributed by atoms with Crippen molar-refractivity contribution in [2.24, 2.45) is 0 Å². The fourth-order valence-corrected chi connectivity index (χ4v) is 2.51. The summed E-state index contributed by atoms with van der Waals surface area (Å²) >= 11 is 8.36. The van der Waals surface area contributed by atoms with E-state index in [1.54, 1.807) is 12.1 Å². The molecule has 98 valence electrons. The summed E-state index contributed by atoms with van der Waals surface area (Å²) in [6, 6.07) is 4.68. The summed E-state index contributed by atoms with van der Waals surface area (Å²) in [6.07, 6.45) is 1.48. The first-order chi connectivity index (χ1) is 8.97. The van der Waals surface area contributed by atoms with Gasteiger partial charge in [-0.05, 0) is 72.6 Å². The number of phenols is 1. The minimum atomic E-state index is -0.371. The molecule has 19 heavy (non-hydrogen) atoms. The highest BCUT2D eigenvalue weighted by Crippen LogP contribution is 2.23. The lowest BCUT2D eigenvalue weighted by Crippen LogP contribution is -2.13. The summed E-state index contributed by atoms with van der Waals surface area (Å²) in [6.45, 7) is 0. The van der Waals surface area contributed by atoms with E-state index in [2.05, 4.69) is 47.1 Å². The molecule has 0 atom stereocenters. The van der Waals surface area contributed by atoms with Crippen LogP contribution in [0.15, 0.2) is 33.6 Å². The number of benzene rings is 1. The van der Waals surface area contributed by atoms with Crippen LogP contribution in [0.3, 0.4) is 0 Å². The molecule has 0 aliphatic carbocycles. The quantitative estimate of drug-likeness (QED) is 0.621. The van der Waals surface area contributed by atoms with Gasteiger partial charge in [0.25, 0.3) is 5.91 Å². The smallest absolute Gasteiger partial charge is 0.257 e. The Morgan fingerprint density at radius 3 is 2.74 bits per heavy atom. The van der Waals surface area contributed by atoms with Gasteiger partial charge in [0.1, 0.15) is 15.0 Å². The fraction of sp³-hybridized carbons (Fsp3) is 0. The maximum absolute atomic E-state index is 12.0. The second-order valence-corrected chi connectivity index (χ2v) is 6.18.